The van der Waals surface area contributed by atoms with E-state index >= 15 is 0 Å². The summed E-state index contributed by atoms with van der Waals surface area (Å²) < 4.78 is 0. The monoisotopic (exact) mass is 741 g/mol. The van der Waals surface area contributed by atoms with Crippen molar-refractivity contribution >= 4 is 55.8 Å². The Hall–Kier alpha value is -7.75. The standard InChI is InChI=1S/C55H39N3/c1-4-20-41(21-5-1)49-30-13-15-32-52(49)58(48-36-35-40-19-10-11-24-43(40)37-48)54-34-17-16-33-53(54)57(46-27-8-3-9-28-46)47-29-18-26-45(38-47)55-50(42-22-6-2-7-23-42)39-44-25-12-14-31-51(44)56-55/h1-39H. The van der Waals surface area contributed by atoms with Crippen LogP contribution in [0.5, 0.6) is 0 Å². The molecule has 0 aliphatic carbocycles. The fraction of sp³-hybridized carbons (Fsp3) is 0. The Morgan fingerprint density at radius 3 is 1.53 bits per heavy atom. The zero-order valence-electron chi connectivity index (χ0n) is 31.9. The summed E-state index contributed by atoms with van der Waals surface area (Å²) in [6.07, 6.45) is 0. The van der Waals surface area contributed by atoms with Crippen molar-refractivity contribution in [3.05, 3.63) is 237 Å². The highest BCUT2D eigenvalue weighted by molar-refractivity contribution is 5.98. The molecule has 0 spiro atoms. The molecule has 0 saturated carbocycles. The van der Waals surface area contributed by atoms with Gasteiger partial charge in [-0.05, 0) is 88.6 Å². The van der Waals surface area contributed by atoms with Crippen LogP contribution in [0.25, 0.3) is 55.2 Å². The Kier molecular flexibility index (Phi) is 9.23. The Morgan fingerprint density at radius 1 is 0.276 bits per heavy atom. The van der Waals surface area contributed by atoms with Crippen LogP contribution in [0.15, 0.2) is 237 Å². The highest BCUT2D eigenvalue weighted by Gasteiger charge is 2.24. The number of benzene rings is 9. The molecule has 3 heteroatoms. The molecule has 0 N–H and O–H groups in total. The lowest BCUT2D eigenvalue weighted by atomic mass is 9.97. The molecule has 0 unspecified atom stereocenters. The summed E-state index contributed by atoms with van der Waals surface area (Å²) in [6, 6.07) is 84.2. The highest BCUT2D eigenvalue weighted by Crippen LogP contribution is 2.48. The zero-order chi connectivity index (χ0) is 38.7. The molecular weight excluding hydrogens is 703 g/mol. The lowest BCUT2D eigenvalue weighted by molar-refractivity contribution is 1.23. The van der Waals surface area contributed by atoms with Gasteiger partial charge in [0, 0.05) is 39.1 Å². The molecule has 3 nitrogen and oxygen atoms in total. The van der Waals surface area contributed by atoms with Crippen molar-refractivity contribution in [1.82, 2.24) is 4.98 Å². The van der Waals surface area contributed by atoms with E-state index in [1.165, 1.54) is 10.8 Å². The fourth-order valence-corrected chi connectivity index (χ4v) is 8.07. The van der Waals surface area contributed by atoms with Crippen molar-refractivity contribution in [3.63, 3.8) is 0 Å². The first kappa shape index (κ1) is 34.7. The van der Waals surface area contributed by atoms with Crippen LogP contribution in [-0.2, 0) is 0 Å². The quantitative estimate of drug-likeness (QED) is 0.147. The molecule has 1 heterocycles. The maximum absolute atomic E-state index is 5.33. The van der Waals surface area contributed by atoms with Gasteiger partial charge < -0.3 is 9.80 Å². The predicted octanol–water partition coefficient (Wildman–Crippen LogP) is 15.3. The number of fused-ring (bicyclic) bond motifs is 2. The molecule has 10 aromatic rings. The van der Waals surface area contributed by atoms with Crippen molar-refractivity contribution in [2.45, 2.75) is 0 Å². The van der Waals surface area contributed by atoms with E-state index in [0.717, 1.165) is 78.5 Å². The molecule has 0 atom stereocenters. The number of pyridine rings is 1. The number of para-hydroxylation sites is 5. The smallest absolute Gasteiger partial charge is 0.0788 e. The molecule has 58 heavy (non-hydrogen) atoms. The molecule has 1 aromatic heterocycles. The lowest BCUT2D eigenvalue weighted by Crippen LogP contribution is -2.17. The van der Waals surface area contributed by atoms with Gasteiger partial charge in [0.05, 0.1) is 28.3 Å². The average molecular weight is 742 g/mol. The minimum atomic E-state index is 0.947. The van der Waals surface area contributed by atoms with Gasteiger partial charge in [0.2, 0.25) is 0 Å². The minimum Gasteiger partial charge on any atom is -0.308 e. The van der Waals surface area contributed by atoms with Crippen LogP contribution in [0.3, 0.4) is 0 Å². The van der Waals surface area contributed by atoms with Gasteiger partial charge >= 0.3 is 0 Å². The molecule has 0 aliphatic rings. The normalized spacial score (nSPS) is 11.1. The molecule has 0 amide bonds. The summed E-state index contributed by atoms with van der Waals surface area (Å²) >= 11 is 0. The number of hydrogen-bond donors (Lipinski definition) is 0. The summed E-state index contributed by atoms with van der Waals surface area (Å²) in [4.78, 5) is 10.1. The van der Waals surface area contributed by atoms with E-state index in [9.17, 15) is 0 Å². The molecule has 0 bridgehead atoms. The van der Waals surface area contributed by atoms with E-state index in [0.29, 0.717) is 0 Å². The van der Waals surface area contributed by atoms with Crippen molar-refractivity contribution in [3.8, 4) is 33.5 Å². The van der Waals surface area contributed by atoms with E-state index in [1.807, 2.05) is 0 Å². The molecule has 274 valence electrons. The van der Waals surface area contributed by atoms with Gasteiger partial charge in [-0.25, -0.2) is 4.98 Å². The molecule has 0 saturated heterocycles. The summed E-state index contributed by atoms with van der Waals surface area (Å²) in [6.45, 7) is 0. The summed E-state index contributed by atoms with van der Waals surface area (Å²) in [7, 11) is 0. The SMILES string of the molecule is c1ccc(-c2ccccc2N(c2ccc3ccccc3c2)c2ccccc2N(c2ccccc2)c2cccc(-c3nc4ccccc4cc3-c3ccccc3)c2)cc1. The van der Waals surface area contributed by atoms with E-state index < -0.39 is 0 Å². The Bertz CT molecular complexity index is 3010. The number of anilines is 6. The maximum Gasteiger partial charge on any atom is 0.0788 e. The molecular formula is C55H39N3. The minimum absolute atomic E-state index is 0.947. The molecule has 9 aromatic carbocycles. The average Bonchev–Trinajstić information content (AvgIpc) is 3.30. The third-order valence-corrected chi connectivity index (χ3v) is 10.8. The number of hydrogen-bond acceptors (Lipinski definition) is 3. The Labute approximate surface area is 339 Å². The van der Waals surface area contributed by atoms with Crippen LogP contribution < -0.4 is 9.80 Å². The highest BCUT2D eigenvalue weighted by atomic mass is 15.2. The summed E-state index contributed by atoms with van der Waals surface area (Å²) in [5, 5.41) is 3.51. The van der Waals surface area contributed by atoms with Crippen LogP contribution >= 0.6 is 0 Å². The molecule has 10 rings (SSSR count). The third kappa shape index (κ3) is 6.65. The van der Waals surface area contributed by atoms with Crippen molar-refractivity contribution in [1.29, 1.82) is 0 Å². The Balaban J connectivity index is 1.20. The second-order valence-corrected chi connectivity index (χ2v) is 14.4. The fourth-order valence-electron chi connectivity index (χ4n) is 8.07. The van der Waals surface area contributed by atoms with Gasteiger partial charge in [0.1, 0.15) is 0 Å². The van der Waals surface area contributed by atoms with Crippen LogP contribution in [0.1, 0.15) is 0 Å². The zero-order valence-corrected chi connectivity index (χ0v) is 31.9. The van der Waals surface area contributed by atoms with Gasteiger partial charge in [-0.1, -0.05) is 170 Å². The van der Waals surface area contributed by atoms with Gasteiger partial charge in [-0.3, -0.25) is 0 Å². The second-order valence-electron chi connectivity index (χ2n) is 14.4. The number of aromatic nitrogens is 1. The van der Waals surface area contributed by atoms with Gasteiger partial charge in [0.15, 0.2) is 0 Å². The molecule has 0 aliphatic heterocycles. The van der Waals surface area contributed by atoms with Crippen LogP contribution in [-0.4, -0.2) is 4.98 Å². The Morgan fingerprint density at radius 2 is 0.793 bits per heavy atom. The first-order chi connectivity index (χ1) is 28.8. The largest absolute Gasteiger partial charge is 0.308 e. The van der Waals surface area contributed by atoms with Gasteiger partial charge in [0.25, 0.3) is 0 Å². The topological polar surface area (TPSA) is 19.4 Å². The molecule has 0 radical (unpaired) electrons. The van der Waals surface area contributed by atoms with E-state index in [1.54, 1.807) is 0 Å². The number of rotatable bonds is 9. The first-order valence-corrected chi connectivity index (χ1v) is 19.7. The number of nitrogens with zero attached hydrogens (tertiary/aromatic N) is 3. The van der Waals surface area contributed by atoms with Crippen molar-refractivity contribution < 1.29 is 0 Å². The van der Waals surface area contributed by atoms with Crippen LogP contribution in [0.2, 0.25) is 0 Å². The van der Waals surface area contributed by atoms with Crippen LogP contribution in [0.4, 0.5) is 34.1 Å². The molecule has 0 fully saturated rings. The van der Waals surface area contributed by atoms with Crippen LogP contribution in [0, 0.1) is 0 Å². The second kappa shape index (κ2) is 15.4. The van der Waals surface area contributed by atoms with Gasteiger partial charge in [-0.15, -0.1) is 0 Å². The van der Waals surface area contributed by atoms with Gasteiger partial charge in [-0.2, -0.15) is 0 Å². The predicted molar refractivity (Wildman–Crippen MR) is 245 cm³/mol. The summed E-state index contributed by atoms with van der Waals surface area (Å²) in [5.74, 6) is 0. The van der Waals surface area contributed by atoms with E-state index in [-0.39, 0.29) is 0 Å². The maximum atomic E-state index is 5.33. The lowest BCUT2D eigenvalue weighted by Gasteiger charge is -2.34. The van der Waals surface area contributed by atoms with Crippen molar-refractivity contribution in [2.24, 2.45) is 0 Å². The van der Waals surface area contributed by atoms with E-state index in [2.05, 4.69) is 246 Å². The van der Waals surface area contributed by atoms with E-state index in [4.69, 9.17) is 4.98 Å². The summed E-state index contributed by atoms with van der Waals surface area (Å²) in [5.41, 5.74) is 13.8. The first-order valence-electron chi connectivity index (χ1n) is 19.7. The third-order valence-electron chi connectivity index (χ3n) is 10.8. The van der Waals surface area contributed by atoms with Crippen molar-refractivity contribution in [2.75, 3.05) is 9.80 Å².